The van der Waals surface area contributed by atoms with E-state index >= 15 is 4.39 Å². The molecule has 0 atom stereocenters. The van der Waals surface area contributed by atoms with Crippen LogP contribution in [0.4, 0.5) is 15.8 Å². The van der Waals surface area contributed by atoms with Crippen LogP contribution in [0.1, 0.15) is 36.0 Å². The first kappa shape index (κ1) is 23.0. The first-order valence-corrected chi connectivity index (χ1v) is 11.6. The predicted molar refractivity (Wildman–Crippen MR) is 125 cm³/mol. The largest absolute Gasteiger partial charge is 0.396 e. The van der Waals surface area contributed by atoms with Crippen LogP contribution in [0.15, 0.2) is 35.1 Å². The highest BCUT2D eigenvalue weighted by Gasteiger charge is 2.25. The fourth-order valence-electron chi connectivity index (χ4n) is 3.32. The first-order valence-electron chi connectivity index (χ1n) is 10.4. The van der Waals surface area contributed by atoms with Crippen molar-refractivity contribution in [3.8, 4) is 0 Å². The fourth-order valence-corrected chi connectivity index (χ4v) is 4.04. The normalized spacial score (nSPS) is 13.5. The molecule has 10 heteroatoms. The maximum absolute atomic E-state index is 15.6. The van der Waals surface area contributed by atoms with E-state index in [0.717, 1.165) is 17.3 Å². The minimum Gasteiger partial charge on any atom is -0.396 e. The SMILES string of the molecule is O=C(NOCC1CC1)c1cc2c(ncn2CCCCO)c(F)c1Nc1ccc(Br)cc1Cl. The second-order valence-corrected chi connectivity index (χ2v) is 9.11. The fraction of sp³-hybridized carbons (Fsp3) is 0.364. The van der Waals surface area contributed by atoms with Gasteiger partial charge in [-0.3, -0.25) is 9.63 Å². The average molecular weight is 526 g/mol. The molecule has 1 aliphatic rings. The summed E-state index contributed by atoms with van der Waals surface area (Å²) in [6, 6.07) is 6.72. The number of carbonyl (C=O) groups is 1. The number of unbranched alkanes of at least 4 members (excludes halogenated alkanes) is 1. The summed E-state index contributed by atoms with van der Waals surface area (Å²) in [5.74, 6) is -0.762. The summed E-state index contributed by atoms with van der Waals surface area (Å²) in [7, 11) is 0. The molecule has 3 N–H and O–H groups in total. The van der Waals surface area contributed by atoms with E-state index in [-0.39, 0.29) is 23.4 Å². The van der Waals surface area contributed by atoms with Crippen LogP contribution in [0, 0.1) is 11.7 Å². The number of amides is 1. The van der Waals surface area contributed by atoms with Crippen molar-refractivity contribution in [2.24, 2.45) is 5.92 Å². The molecule has 1 fully saturated rings. The minimum atomic E-state index is -0.658. The predicted octanol–water partition coefficient (Wildman–Crippen LogP) is 5.18. The number of hydroxylamine groups is 1. The van der Waals surface area contributed by atoms with Crippen molar-refractivity contribution in [3.05, 3.63) is 51.5 Å². The lowest BCUT2D eigenvalue weighted by atomic mass is 10.1. The lowest BCUT2D eigenvalue weighted by molar-refractivity contribution is 0.0271. The van der Waals surface area contributed by atoms with Crippen LogP contribution in [-0.2, 0) is 11.4 Å². The van der Waals surface area contributed by atoms with Gasteiger partial charge in [-0.2, -0.15) is 0 Å². The summed E-state index contributed by atoms with van der Waals surface area (Å²) >= 11 is 9.65. The van der Waals surface area contributed by atoms with Crippen LogP contribution < -0.4 is 10.8 Å². The van der Waals surface area contributed by atoms with Crippen LogP contribution in [-0.4, -0.2) is 33.8 Å². The van der Waals surface area contributed by atoms with Gasteiger partial charge in [0.1, 0.15) is 5.52 Å². The Hall–Kier alpha value is -2.20. The third kappa shape index (κ3) is 5.23. The van der Waals surface area contributed by atoms with Crippen molar-refractivity contribution in [1.29, 1.82) is 0 Å². The Morgan fingerprint density at radius 3 is 2.88 bits per heavy atom. The zero-order chi connectivity index (χ0) is 22.7. The number of aliphatic hydroxyl groups is 1. The second kappa shape index (κ2) is 10.2. The van der Waals surface area contributed by atoms with E-state index in [0.29, 0.717) is 48.1 Å². The van der Waals surface area contributed by atoms with E-state index in [4.69, 9.17) is 21.5 Å². The van der Waals surface area contributed by atoms with Crippen molar-refractivity contribution in [1.82, 2.24) is 15.0 Å². The highest BCUT2D eigenvalue weighted by atomic mass is 79.9. The topological polar surface area (TPSA) is 88.4 Å². The van der Waals surface area contributed by atoms with E-state index in [1.54, 1.807) is 28.8 Å². The lowest BCUT2D eigenvalue weighted by Crippen LogP contribution is -2.26. The average Bonchev–Trinajstić information content (AvgIpc) is 3.50. The molecular weight excluding hydrogens is 503 g/mol. The van der Waals surface area contributed by atoms with Gasteiger partial charge in [0.25, 0.3) is 5.91 Å². The summed E-state index contributed by atoms with van der Waals surface area (Å²) in [5.41, 5.74) is 3.55. The molecule has 1 saturated carbocycles. The molecule has 0 unspecified atom stereocenters. The van der Waals surface area contributed by atoms with Crippen molar-refractivity contribution in [3.63, 3.8) is 0 Å². The Balaban J connectivity index is 1.71. The maximum atomic E-state index is 15.6. The number of aryl methyl sites for hydroxylation is 1. The number of halogens is 3. The number of fused-ring (bicyclic) bond motifs is 1. The van der Waals surface area contributed by atoms with Gasteiger partial charge in [-0.15, -0.1) is 0 Å². The Labute approximate surface area is 198 Å². The summed E-state index contributed by atoms with van der Waals surface area (Å²) in [4.78, 5) is 22.5. The van der Waals surface area contributed by atoms with Crippen LogP contribution in [0.2, 0.25) is 5.02 Å². The van der Waals surface area contributed by atoms with E-state index in [1.807, 2.05) is 0 Å². The van der Waals surface area contributed by atoms with Crippen molar-refractivity contribution in [2.45, 2.75) is 32.2 Å². The van der Waals surface area contributed by atoms with Crippen LogP contribution >= 0.6 is 27.5 Å². The van der Waals surface area contributed by atoms with E-state index in [2.05, 4.69) is 31.7 Å². The van der Waals surface area contributed by atoms with Gasteiger partial charge in [0.2, 0.25) is 0 Å². The molecule has 0 aliphatic heterocycles. The molecule has 0 bridgehead atoms. The van der Waals surface area contributed by atoms with Crippen LogP contribution in [0.3, 0.4) is 0 Å². The maximum Gasteiger partial charge on any atom is 0.277 e. The van der Waals surface area contributed by atoms with Gasteiger partial charge < -0.3 is 15.0 Å². The molecule has 1 aliphatic carbocycles. The van der Waals surface area contributed by atoms with E-state index in [1.165, 1.54) is 6.33 Å². The van der Waals surface area contributed by atoms with E-state index in [9.17, 15) is 4.79 Å². The highest BCUT2D eigenvalue weighted by Crippen LogP contribution is 2.34. The molecule has 1 amide bonds. The van der Waals surface area contributed by atoms with Gasteiger partial charge in [0.05, 0.1) is 40.4 Å². The summed E-state index contributed by atoms with van der Waals surface area (Å²) < 4.78 is 18.1. The molecule has 0 radical (unpaired) electrons. The molecule has 170 valence electrons. The standard InChI is InChI=1S/C22H23BrClFN4O3/c23-14-5-6-17(16(24)9-14)27-20-15(22(31)28-32-11-13-3-4-13)10-18-21(19(20)25)26-12-29(18)7-1-2-8-30/h5-6,9-10,12-13,27,30H,1-4,7-8,11H2,(H,28,31). The molecule has 4 rings (SSSR count). The molecule has 0 saturated heterocycles. The third-order valence-electron chi connectivity index (χ3n) is 5.28. The minimum absolute atomic E-state index is 0.0325. The Kier molecular flexibility index (Phi) is 7.30. The molecule has 2 aromatic carbocycles. The van der Waals surface area contributed by atoms with E-state index < -0.39 is 11.7 Å². The third-order valence-corrected chi connectivity index (χ3v) is 6.09. The number of anilines is 2. The Morgan fingerprint density at radius 1 is 1.34 bits per heavy atom. The van der Waals surface area contributed by atoms with Gasteiger partial charge >= 0.3 is 0 Å². The number of hydrogen-bond acceptors (Lipinski definition) is 5. The van der Waals surface area contributed by atoms with Crippen molar-refractivity contribution < 1.29 is 19.1 Å². The zero-order valence-electron chi connectivity index (χ0n) is 17.2. The van der Waals surface area contributed by atoms with Gasteiger partial charge in [0, 0.05) is 17.6 Å². The second-order valence-electron chi connectivity index (χ2n) is 7.78. The number of benzene rings is 2. The quantitative estimate of drug-likeness (QED) is 0.251. The number of nitrogens with zero attached hydrogens (tertiary/aromatic N) is 2. The molecule has 32 heavy (non-hydrogen) atoms. The molecule has 7 nitrogen and oxygen atoms in total. The van der Waals surface area contributed by atoms with Crippen molar-refractivity contribution in [2.75, 3.05) is 18.5 Å². The van der Waals surface area contributed by atoms with Gasteiger partial charge in [-0.25, -0.2) is 14.9 Å². The number of nitrogens with one attached hydrogen (secondary N) is 2. The molecule has 1 aromatic heterocycles. The van der Waals surface area contributed by atoms with Gasteiger partial charge in [-0.1, -0.05) is 27.5 Å². The number of rotatable bonds is 10. The number of carbonyl (C=O) groups excluding carboxylic acids is 1. The number of aromatic nitrogens is 2. The summed E-state index contributed by atoms with van der Waals surface area (Å²) in [6.07, 6.45) is 5.01. The number of hydrogen-bond donors (Lipinski definition) is 3. The molecule has 3 aromatic rings. The van der Waals surface area contributed by atoms with Crippen LogP contribution in [0.25, 0.3) is 11.0 Å². The highest BCUT2D eigenvalue weighted by molar-refractivity contribution is 9.10. The zero-order valence-corrected chi connectivity index (χ0v) is 19.5. The monoisotopic (exact) mass is 524 g/mol. The summed E-state index contributed by atoms with van der Waals surface area (Å²) in [5, 5.41) is 12.4. The first-order chi connectivity index (χ1) is 15.5. The summed E-state index contributed by atoms with van der Waals surface area (Å²) in [6.45, 7) is 1.05. The Bertz CT molecular complexity index is 1140. The molecule has 0 spiro atoms. The van der Waals surface area contributed by atoms with Crippen LogP contribution in [0.5, 0.6) is 0 Å². The van der Waals surface area contributed by atoms with Gasteiger partial charge in [0.15, 0.2) is 5.82 Å². The number of aliphatic hydroxyl groups excluding tert-OH is 1. The molecule has 1 heterocycles. The van der Waals surface area contributed by atoms with Gasteiger partial charge in [-0.05, 0) is 55.9 Å². The molecular formula is C22H23BrClFN4O3. The number of imidazole rings is 1. The lowest BCUT2D eigenvalue weighted by Gasteiger charge is -2.15. The smallest absolute Gasteiger partial charge is 0.277 e. The Morgan fingerprint density at radius 2 is 2.16 bits per heavy atom. The van der Waals surface area contributed by atoms with Crippen molar-refractivity contribution >= 4 is 55.8 Å².